The van der Waals surface area contributed by atoms with Crippen molar-refractivity contribution in [3.8, 4) is 0 Å². The molecule has 0 aromatic heterocycles. The second kappa shape index (κ2) is 8.72. The van der Waals surface area contributed by atoms with Gasteiger partial charge in [-0.2, -0.15) is 0 Å². The van der Waals surface area contributed by atoms with Crippen LogP contribution in [0.15, 0.2) is 23.2 Å². The summed E-state index contributed by atoms with van der Waals surface area (Å²) in [5.41, 5.74) is 0.580. The van der Waals surface area contributed by atoms with E-state index in [1.807, 2.05) is 20.8 Å². The van der Waals surface area contributed by atoms with Crippen molar-refractivity contribution in [2.75, 3.05) is 20.1 Å². The molecule has 0 aliphatic carbocycles. The van der Waals surface area contributed by atoms with Crippen LogP contribution in [0.1, 0.15) is 26.3 Å². The van der Waals surface area contributed by atoms with E-state index in [0.717, 1.165) is 5.56 Å². The fraction of sp³-hybridized carbons (Fsp3) is 0.500. The van der Waals surface area contributed by atoms with E-state index in [1.165, 1.54) is 12.1 Å². The maximum absolute atomic E-state index is 13.0. The number of carbonyl (C=O) groups is 1. The van der Waals surface area contributed by atoms with Crippen LogP contribution in [0.25, 0.3) is 0 Å². The maximum atomic E-state index is 13.0. The summed E-state index contributed by atoms with van der Waals surface area (Å²) in [6, 6.07) is 4.33. The molecular formula is C16H24ClFN4O. The molecule has 128 valence electrons. The van der Waals surface area contributed by atoms with Crippen LogP contribution in [-0.4, -0.2) is 37.5 Å². The standard InChI is InChI=1S/C16H24ClFN4O/c1-16(2,3)22-14(23)10-21-15(19-4)20-8-7-11-5-6-12(18)9-13(11)17/h5-6,9H,7-8,10H2,1-4H3,(H,22,23)(H2,19,20,21). The van der Waals surface area contributed by atoms with Crippen LogP contribution in [0.3, 0.4) is 0 Å². The average Bonchev–Trinajstić information content (AvgIpc) is 2.42. The van der Waals surface area contributed by atoms with Gasteiger partial charge >= 0.3 is 0 Å². The molecule has 1 amide bonds. The number of rotatable bonds is 5. The highest BCUT2D eigenvalue weighted by Crippen LogP contribution is 2.17. The molecule has 0 saturated heterocycles. The van der Waals surface area contributed by atoms with Crippen LogP contribution in [-0.2, 0) is 11.2 Å². The molecule has 3 N–H and O–H groups in total. The summed E-state index contributed by atoms with van der Waals surface area (Å²) in [6.45, 7) is 6.46. The quantitative estimate of drug-likeness (QED) is 0.567. The second-order valence-electron chi connectivity index (χ2n) is 6.14. The first-order valence-corrected chi connectivity index (χ1v) is 7.78. The molecule has 1 aromatic carbocycles. The molecule has 23 heavy (non-hydrogen) atoms. The lowest BCUT2D eigenvalue weighted by Crippen LogP contribution is -2.48. The lowest BCUT2D eigenvalue weighted by molar-refractivity contribution is -0.121. The maximum Gasteiger partial charge on any atom is 0.239 e. The van der Waals surface area contributed by atoms with Crippen LogP contribution in [0, 0.1) is 5.82 Å². The van der Waals surface area contributed by atoms with Gasteiger partial charge in [-0.3, -0.25) is 9.79 Å². The summed E-state index contributed by atoms with van der Waals surface area (Å²) in [4.78, 5) is 15.8. The summed E-state index contributed by atoms with van der Waals surface area (Å²) in [7, 11) is 1.63. The van der Waals surface area contributed by atoms with Crippen LogP contribution in [0.2, 0.25) is 5.02 Å². The van der Waals surface area contributed by atoms with E-state index in [1.54, 1.807) is 13.1 Å². The molecule has 0 spiro atoms. The number of nitrogens with one attached hydrogen (secondary N) is 3. The monoisotopic (exact) mass is 342 g/mol. The number of guanidine groups is 1. The Morgan fingerprint density at radius 3 is 2.57 bits per heavy atom. The largest absolute Gasteiger partial charge is 0.356 e. The van der Waals surface area contributed by atoms with Crippen molar-refractivity contribution in [3.63, 3.8) is 0 Å². The van der Waals surface area contributed by atoms with E-state index < -0.39 is 0 Å². The van der Waals surface area contributed by atoms with Crippen LogP contribution in [0.4, 0.5) is 4.39 Å². The molecule has 1 aromatic rings. The van der Waals surface area contributed by atoms with E-state index >= 15 is 0 Å². The van der Waals surface area contributed by atoms with Crippen molar-refractivity contribution in [3.05, 3.63) is 34.6 Å². The molecule has 0 unspecified atom stereocenters. The topological polar surface area (TPSA) is 65.5 Å². The zero-order valence-electron chi connectivity index (χ0n) is 14.0. The molecule has 0 atom stereocenters. The third-order valence-electron chi connectivity index (χ3n) is 2.86. The molecular weight excluding hydrogens is 319 g/mol. The highest BCUT2D eigenvalue weighted by Gasteiger charge is 2.13. The van der Waals surface area contributed by atoms with Crippen molar-refractivity contribution < 1.29 is 9.18 Å². The van der Waals surface area contributed by atoms with Gasteiger partial charge < -0.3 is 16.0 Å². The van der Waals surface area contributed by atoms with Gasteiger partial charge in [-0.05, 0) is 44.9 Å². The van der Waals surface area contributed by atoms with E-state index in [0.29, 0.717) is 23.9 Å². The molecule has 7 heteroatoms. The van der Waals surface area contributed by atoms with Crippen molar-refractivity contribution in [1.29, 1.82) is 0 Å². The fourth-order valence-electron chi connectivity index (χ4n) is 1.89. The number of aliphatic imine (C=N–C) groups is 1. The summed E-state index contributed by atoms with van der Waals surface area (Å²) < 4.78 is 13.0. The molecule has 1 rings (SSSR count). The van der Waals surface area contributed by atoms with E-state index in [4.69, 9.17) is 11.6 Å². The van der Waals surface area contributed by atoms with E-state index in [-0.39, 0.29) is 23.8 Å². The van der Waals surface area contributed by atoms with Crippen molar-refractivity contribution in [1.82, 2.24) is 16.0 Å². The Morgan fingerprint density at radius 1 is 1.30 bits per heavy atom. The van der Waals surface area contributed by atoms with E-state index in [2.05, 4.69) is 20.9 Å². The molecule has 0 saturated carbocycles. The smallest absolute Gasteiger partial charge is 0.239 e. The van der Waals surface area contributed by atoms with Crippen molar-refractivity contribution in [2.45, 2.75) is 32.7 Å². The third-order valence-corrected chi connectivity index (χ3v) is 3.21. The van der Waals surface area contributed by atoms with Gasteiger partial charge in [0.2, 0.25) is 5.91 Å². The van der Waals surface area contributed by atoms with Gasteiger partial charge in [0.1, 0.15) is 5.82 Å². The molecule has 0 bridgehead atoms. The number of benzene rings is 1. The Bertz CT molecular complexity index is 570. The third kappa shape index (κ3) is 7.83. The zero-order chi connectivity index (χ0) is 17.5. The number of carbonyl (C=O) groups excluding carboxylic acids is 1. The molecule has 5 nitrogen and oxygen atoms in total. The van der Waals surface area contributed by atoms with Crippen molar-refractivity contribution in [2.24, 2.45) is 4.99 Å². The Hall–Kier alpha value is -1.82. The Balaban J connectivity index is 2.38. The SMILES string of the molecule is CN=C(NCCc1ccc(F)cc1Cl)NCC(=O)NC(C)(C)C. The number of hydrogen-bond acceptors (Lipinski definition) is 2. The minimum absolute atomic E-state index is 0.109. The average molecular weight is 343 g/mol. The Kier molecular flexibility index (Phi) is 7.29. The molecule has 0 aliphatic rings. The predicted molar refractivity (Wildman–Crippen MR) is 92.4 cm³/mol. The molecule has 0 aliphatic heterocycles. The van der Waals surface area contributed by atoms with Crippen molar-refractivity contribution >= 4 is 23.5 Å². The Morgan fingerprint density at radius 2 is 2.00 bits per heavy atom. The highest BCUT2D eigenvalue weighted by molar-refractivity contribution is 6.31. The van der Waals surface area contributed by atoms with E-state index in [9.17, 15) is 9.18 Å². The zero-order valence-corrected chi connectivity index (χ0v) is 14.7. The van der Waals surface area contributed by atoms with Gasteiger partial charge in [0.05, 0.1) is 6.54 Å². The van der Waals surface area contributed by atoms with Gasteiger partial charge in [-0.1, -0.05) is 17.7 Å². The van der Waals surface area contributed by atoms with Gasteiger partial charge in [0, 0.05) is 24.2 Å². The highest BCUT2D eigenvalue weighted by atomic mass is 35.5. The molecule has 0 fully saturated rings. The van der Waals surface area contributed by atoms with Crippen LogP contribution in [0.5, 0.6) is 0 Å². The number of amides is 1. The molecule has 0 radical (unpaired) electrons. The summed E-state index contributed by atoms with van der Waals surface area (Å²) in [6.07, 6.45) is 0.619. The lowest BCUT2D eigenvalue weighted by atomic mass is 10.1. The predicted octanol–water partition coefficient (Wildman–Crippen LogP) is 2.10. The van der Waals surface area contributed by atoms with Gasteiger partial charge in [-0.15, -0.1) is 0 Å². The van der Waals surface area contributed by atoms with Crippen LogP contribution < -0.4 is 16.0 Å². The summed E-state index contributed by atoms with van der Waals surface area (Å²) in [5, 5.41) is 9.28. The van der Waals surface area contributed by atoms with Gasteiger partial charge in [-0.25, -0.2) is 4.39 Å². The number of hydrogen-bond donors (Lipinski definition) is 3. The van der Waals surface area contributed by atoms with Gasteiger partial charge in [0.25, 0.3) is 0 Å². The number of nitrogens with zero attached hydrogens (tertiary/aromatic N) is 1. The first kappa shape index (κ1) is 19.2. The second-order valence-corrected chi connectivity index (χ2v) is 6.54. The Labute approximate surface area is 141 Å². The van der Waals surface area contributed by atoms with Crippen LogP contribution >= 0.6 is 11.6 Å². The minimum Gasteiger partial charge on any atom is -0.356 e. The fourth-order valence-corrected chi connectivity index (χ4v) is 2.15. The molecule has 0 heterocycles. The minimum atomic E-state index is -0.353. The normalized spacial score (nSPS) is 12.0. The first-order valence-electron chi connectivity index (χ1n) is 7.41. The number of halogens is 2. The summed E-state index contributed by atoms with van der Waals surface area (Å²) in [5.74, 6) is 0.0587. The van der Waals surface area contributed by atoms with Gasteiger partial charge in [0.15, 0.2) is 5.96 Å². The first-order chi connectivity index (χ1) is 10.7. The lowest BCUT2D eigenvalue weighted by Gasteiger charge is -2.21. The summed E-state index contributed by atoms with van der Waals surface area (Å²) >= 11 is 5.98.